The molecule has 1 aliphatic rings. The number of alkyl halides is 6. The molecule has 9 heteroatoms. The van der Waals surface area contributed by atoms with Crippen LogP contribution < -0.4 is 0 Å². The van der Waals surface area contributed by atoms with Crippen LogP contribution in [0.15, 0.2) is 78.9 Å². The van der Waals surface area contributed by atoms with E-state index in [0.717, 1.165) is 29.7 Å². The van der Waals surface area contributed by atoms with E-state index in [1.165, 1.54) is 6.92 Å². The summed E-state index contributed by atoms with van der Waals surface area (Å²) in [6.07, 6.45) is -11.0. The molecule has 1 fully saturated rings. The van der Waals surface area contributed by atoms with Crippen LogP contribution in [0, 0.1) is 0 Å². The van der Waals surface area contributed by atoms with Crippen molar-refractivity contribution in [3.05, 3.63) is 107 Å². The smallest absolute Gasteiger partial charge is 0.371 e. The Morgan fingerprint density at radius 2 is 1.41 bits per heavy atom. The summed E-state index contributed by atoms with van der Waals surface area (Å²) in [4.78, 5) is 2.18. The zero-order chi connectivity index (χ0) is 28.4. The minimum atomic E-state index is -4.93. The van der Waals surface area contributed by atoms with Gasteiger partial charge in [-0.1, -0.05) is 67.6 Å². The summed E-state index contributed by atoms with van der Waals surface area (Å²) in [5.41, 5.74) is -1.95. The first-order valence-electron chi connectivity index (χ1n) is 12.8. The molecule has 210 valence electrons. The van der Waals surface area contributed by atoms with E-state index < -0.39 is 47.5 Å². The van der Waals surface area contributed by atoms with Crippen LogP contribution in [-0.4, -0.2) is 24.2 Å². The van der Waals surface area contributed by atoms with Crippen LogP contribution in [0.5, 0.6) is 0 Å². The maximum absolute atomic E-state index is 13.5. The Bertz CT molecular complexity index is 1200. The van der Waals surface area contributed by atoms with E-state index in [1.807, 2.05) is 74.5 Å². The lowest BCUT2D eigenvalue weighted by atomic mass is 9.84. The monoisotopic (exact) mass is 551 g/mol. The van der Waals surface area contributed by atoms with Crippen molar-refractivity contribution in [3.63, 3.8) is 0 Å². The fraction of sp³-hybridized carbons (Fsp3) is 0.400. The molecule has 4 rings (SSSR count). The van der Waals surface area contributed by atoms with E-state index >= 15 is 0 Å². The van der Waals surface area contributed by atoms with Gasteiger partial charge in [-0.05, 0) is 55.2 Å². The predicted octanol–water partition coefficient (Wildman–Crippen LogP) is 8.53. The van der Waals surface area contributed by atoms with Crippen molar-refractivity contribution in [2.75, 3.05) is 13.2 Å². The highest BCUT2D eigenvalue weighted by Gasteiger charge is 2.54. The molecule has 0 spiro atoms. The first kappa shape index (κ1) is 29.1. The van der Waals surface area contributed by atoms with Crippen molar-refractivity contribution in [3.8, 4) is 0 Å². The molecule has 1 saturated heterocycles. The standard InChI is InChI=1S/C30H31F6NO2/c1-4-15-37-27(22-11-7-5-8-12-22)39-21(3)28(37,24-13-9-6-10-14-24)19-38-20(2)23-16-25(29(31,32)33)18-26(17-23)30(34,35)36/h5-14,16-18,20-21,27H,4,15,19H2,1-3H3. The average molecular weight is 552 g/mol. The van der Waals surface area contributed by atoms with E-state index in [9.17, 15) is 26.3 Å². The van der Waals surface area contributed by atoms with Gasteiger partial charge in [0.25, 0.3) is 0 Å². The van der Waals surface area contributed by atoms with Crippen molar-refractivity contribution in [1.82, 2.24) is 4.90 Å². The summed E-state index contributed by atoms with van der Waals surface area (Å²) in [6.45, 7) is 6.02. The van der Waals surface area contributed by atoms with E-state index in [4.69, 9.17) is 9.47 Å². The van der Waals surface area contributed by atoms with E-state index in [0.29, 0.717) is 6.54 Å². The van der Waals surface area contributed by atoms with Gasteiger partial charge in [0.2, 0.25) is 0 Å². The maximum Gasteiger partial charge on any atom is 0.416 e. The summed E-state index contributed by atoms with van der Waals surface area (Å²) < 4.78 is 93.5. The first-order chi connectivity index (χ1) is 18.4. The first-order valence-corrected chi connectivity index (χ1v) is 12.8. The zero-order valence-corrected chi connectivity index (χ0v) is 21.9. The predicted molar refractivity (Wildman–Crippen MR) is 136 cm³/mol. The van der Waals surface area contributed by atoms with Gasteiger partial charge in [-0.3, -0.25) is 4.90 Å². The second kappa shape index (κ2) is 11.3. The Morgan fingerprint density at radius 1 is 0.872 bits per heavy atom. The Labute approximate surface area is 224 Å². The second-order valence-electron chi connectivity index (χ2n) is 9.82. The number of benzene rings is 3. The molecule has 1 aliphatic heterocycles. The molecule has 3 aromatic carbocycles. The van der Waals surface area contributed by atoms with Crippen LogP contribution in [-0.2, 0) is 27.4 Å². The Balaban J connectivity index is 1.74. The van der Waals surface area contributed by atoms with E-state index in [2.05, 4.69) is 4.90 Å². The SMILES string of the molecule is CCCN1C(c2ccccc2)OC(C)C1(COC(C)c1cc(C(F)(F)F)cc(C(F)(F)F)c1)c1ccccc1. The van der Waals surface area contributed by atoms with Crippen LogP contribution in [0.4, 0.5) is 26.3 Å². The van der Waals surface area contributed by atoms with Gasteiger partial charge < -0.3 is 9.47 Å². The average Bonchev–Trinajstić information content (AvgIpc) is 3.19. The molecule has 0 saturated carbocycles. The summed E-state index contributed by atoms with van der Waals surface area (Å²) in [6, 6.07) is 20.8. The van der Waals surface area contributed by atoms with Gasteiger partial charge in [0, 0.05) is 6.54 Å². The van der Waals surface area contributed by atoms with Gasteiger partial charge in [0.1, 0.15) is 6.23 Å². The minimum Gasteiger partial charge on any atom is -0.371 e. The van der Waals surface area contributed by atoms with Crippen LogP contribution in [0.3, 0.4) is 0 Å². The molecule has 4 atom stereocenters. The van der Waals surface area contributed by atoms with Crippen molar-refractivity contribution in [2.45, 2.75) is 63.5 Å². The zero-order valence-electron chi connectivity index (χ0n) is 21.9. The van der Waals surface area contributed by atoms with Crippen molar-refractivity contribution in [2.24, 2.45) is 0 Å². The van der Waals surface area contributed by atoms with Gasteiger partial charge >= 0.3 is 12.4 Å². The Kier molecular flexibility index (Phi) is 8.44. The molecule has 3 nitrogen and oxygen atoms in total. The molecular weight excluding hydrogens is 520 g/mol. The summed E-state index contributed by atoms with van der Waals surface area (Å²) in [5, 5.41) is 0. The molecule has 0 radical (unpaired) electrons. The number of halogens is 6. The number of rotatable bonds is 8. The summed E-state index contributed by atoms with van der Waals surface area (Å²) >= 11 is 0. The molecule has 4 unspecified atom stereocenters. The molecule has 0 aromatic heterocycles. The second-order valence-corrected chi connectivity index (χ2v) is 9.82. The quantitative estimate of drug-likeness (QED) is 0.262. The number of hydrogen-bond acceptors (Lipinski definition) is 3. The van der Waals surface area contributed by atoms with Crippen molar-refractivity contribution in [1.29, 1.82) is 0 Å². The van der Waals surface area contributed by atoms with Gasteiger partial charge in [-0.15, -0.1) is 0 Å². The summed E-state index contributed by atoms with van der Waals surface area (Å²) in [5.74, 6) is 0. The Hall–Kier alpha value is -2.88. The fourth-order valence-electron chi connectivity index (χ4n) is 5.23. The number of nitrogens with zero attached hydrogens (tertiary/aromatic N) is 1. The van der Waals surface area contributed by atoms with Crippen LogP contribution in [0.2, 0.25) is 0 Å². The van der Waals surface area contributed by atoms with Gasteiger partial charge in [0.15, 0.2) is 0 Å². The van der Waals surface area contributed by atoms with Crippen molar-refractivity contribution >= 4 is 0 Å². The van der Waals surface area contributed by atoms with E-state index in [1.54, 1.807) is 0 Å². The van der Waals surface area contributed by atoms with Crippen molar-refractivity contribution < 1.29 is 35.8 Å². The largest absolute Gasteiger partial charge is 0.416 e. The van der Waals surface area contributed by atoms with Gasteiger partial charge in [-0.25, -0.2) is 0 Å². The highest BCUT2D eigenvalue weighted by molar-refractivity contribution is 5.35. The number of hydrogen-bond donors (Lipinski definition) is 0. The van der Waals surface area contributed by atoms with Crippen LogP contribution in [0.1, 0.15) is 67.3 Å². The molecule has 0 N–H and O–H groups in total. The molecular formula is C30H31F6NO2. The molecule has 1 heterocycles. The third kappa shape index (κ3) is 6.00. The number of ether oxygens (including phenoxy) is 2. The molecule has 39 heavy (non-hydrogen) atoms. The topological polar surface area (TPSA) is 21.7 Å². The Morgan fingerprint density at radius 3 is 1.92 bits per heavy atom. The molecule has 0 aliphatic carbocycles. The lowest BCUT2D eigenvalue weighted by Crippen LogP contribution is -2.51. The molecule has 0 amide bonds. The third-order valence-corrected chi connectivity index (χ3v) is 7.26. The highest BCUT2D eigenvalue weighted by atomic mass is 19.4. The summed E-state index contributed by atoms with van der Waals surface area (Å²) in [7, 11) is 0. The van der Waals surface area contributed by atoms with Crippen LogP contribution in [0.25, 0.3) is 0 Å². The van der Waals surface area contributed by atoms with E-state index in [-0.39, 0.29) is 18.2 Å². The normalized spacial score (nSPS) is 23.2. The van der Waals surface area contributed by atoms with Gasteiger partial charge in [0.05, 0.1) is 35.5 Å². The fourth-order valence-corrected chi connectivity index (χ4v) is 5.23. The van der Waals surface area contributed by atoms with Crippen LogP contribution >= 0.6 is 0 Å². The molecule has 3 aromatic rings. The third-order valence-electron chi connectivity index (χ3n) is 7.26. The highest BCUT2D eigenvalue weighted by Crippen LogP contribution is 2.48. The van der Waals surface area contributed by atoms with Gasteiger partial charge in [-0.2, -0.15) is 26.3 Å². The maximum atomic E-state index is 13.5. The minimum absolute atomic E-state index is 0.0136. The lowest BCUT2D eigenvalue weighted by Gasteiger charge is -2.42. The lowest BCUT2D eigenvalue weighted by molar-refractivity contribution is -0.143. The molecule has 0 bridgehead atoms.